The van der Waals surface area contributed by atoms with Crippen molar-refractivity contribution in [1.82, 2.24) is 5.32 Å². The van der Waals surface area contributed by atoms with Crippen LogP contribution in [0.15, 0.2) is 0 Å². The van der Waals surface area contributed by atoms with Crippen LogP contribution in [0.2, 0.25) is 0 Å². The largest absolute Gasteiger partial charge is 0.352 e. The maximum atomic E-state index is 12.0. The number of nitrogens with two attached hydrogens (primary N) is 1. The quantitative estimate of drug-likeness (QED) is 0.775. The highest BCUT2D eigenvalue weighted by molar-refractivity contribution is 5.82. The minimum Gasteiger partial charge on any atom is -0.352 e. The Bertz CT molecular complexity index is 234. The highest BCUT2D eigenvalue weighted by Gasteiger charge is 2.26. The first kappa shape index (κ1) is 14.5. The van der Waals surface area contributed by atoms with Crippen LogP contribution in [-0.4, -0.2) is 18.0 Å². The van der Waals surface area contributed by atoms with E-state index in [0.717, 1.165) is 6.42 Å². The molecule has 1 aliphatic rings. The number of hydrogen-bond acceptors (Lipinski definition) is 2. The van der Waals surface area contributed by atoms with Gasteiger partial charge in [0.15, 0.2) is 0 Å². The molecule has 0 aliphatic heterocycles. The Morgan fingerprint density at radius 2 is 1.88 bits per heavy atom. The minimum absolute atomic E-state index is 0.0254. The molecule has 1 rings (SSSR count). The maximum Gasteiger partial charge on any atom is 0.237 e. The van der Waals surface area contributed by atoms with Crippen molar-refractivity contribution in [3.05, 3.63) is 0 Å². The summed E-state index contributed by atoms with van der Waals surface area (Å²) in [4.78, 5) is 12.0. The lowest BCUT2D eigenvalue weighted by atomic mass is 9.82. The Kier molecular flexibility index (Phi) is 5.96. The standard InChI is InChI=1S/C14H28N2O/c1-4-12(11-8-6-5-7-9-11)16-14(17)13(15)10(2)3/h10-13H,4-9,15H2,1-3H3,(H,16,17). The van der Waals surface area contributed by atoms with Gasteiger partial charge in [-0.2, -0.15) is 0 Å². The summed E-state index contributed by atoms with van der Waals surface area (Å²) in [5.41, 5.74) is 5.88. The summed E-state index contributed by atoms with van der Waals surface area (Å²) >= 11 is 0. The monoisotopic (exact) mass is 240 g/mol. The van der Waals surface area contributed by atoms with Gasteiger partial charge in [-0.25, -0.2) is 0 Å². The molecule has 0 bridgehead atoms. The summed E-state index contributed by atoms with van der Waals surface area (Å²) < 4.78 is 0. The number of nitrogens with one attached hydrogen (secondary N) is 1. The van der Waals surface area contributed by atoms with Crippen molar-refractivity contribution in [2.24, 2.45) is 17.6 Å². The SMILES string of the molecule is CCC(NC(=O)C(N)C(C)C)C1CCCCC1. The lowest BCUT2D eigenvalue weighted by molar-refractivity contribution is -0.124. The van der Waals surface area contributed by atoms with E-state index in [1.165, 1.54) is 32.1 Å². The lowest BCUT2D eigenvalue weighted by Gasteiger charge is -2.31. The molecule has 100 valence electrons. The smallest absolute Gasteiger partial charge is 0.237 e. The van der Waals surface area contributed by atoms with Gasteiger partial charge in [0.25, 0.3) is 0 Å². The third kappa shape index (κ3) is 4.30. The Labute approximate surface area is 106 Å². The summed E-state index contributed by atoms with van der Waals surface area (Å²) in [7, 11) is 0. The molecule has 1 amide bonds. The van der Waals surface area contributed by atoms with Crippen LogP contribution in [0.4, 0.5) is 0 Å². The first-order valence-corrected chi connectivity index (χ1v) is 7.12. The molecule has 3 nitrogen and oxygen atoms in total. The van der Waals surface area contributed by atoms with Crippen molar-refractivity contribution in [3.8, 4) is 0 Å². The highest BCUT2D eigenvalue weighted by atomic mass is 16.2. The molecule has 3 N–H and O–H groups in total. The zero-order valence-corrected chi connectivity index (χ0v) is 11.5. The first-order chi connectivity index (χ1) is 8.06. The van der Waals surface area contributed by atoms with Crippen LogP contribution in [0.25, 0.3) is 0 Å². The molecule has 1 saturated carbocycles. The first-order valence-electron chi connectivity index (χ1n) is 7.12. The van der Waals surface area contributed by atoms with Crippen molar-refractivity contribution < 1.29 is 4.79 Å². The third-order valence-electron chi connectivity index (χ3n) is 4.01. The van der Waals surface area contributed by atoms with E-state index < -0.39 is 0 Å². The van der Waals surface area contributed by atoms with Gasteiger partial charge in [-0.05, 0) is 31.1 Å². The topological polar surface area (TPSA) is 55.1 Å². The third-order valence-corrected chi connectivity index (χ3v) is 4.01. The van der Waals surface area contributed by atoms with Gasteiger partial charge in [0.05, 0.1) is 6.04 Å². The van der Waals surface area contributed by atoms with Crippen LogP contribution in [0, 0.1) is 11.8 Å². The van der Waals surface area contributed by atoms with E-state index in [2.05, 4.69) is 12.2 Å². The second-order valence-electron chi connectivity index (χ2n) is 5.69. The average molecular weight is 240 g/mol. The van der Waals surface area contributed by atoms with Crippen molar-refractivity contribution in [2.75, 3.05) is 0 Å². The van der Waals surface area contributed by atoms with Gasteiger partial charge >= 0.3 is 0 Å². The normalized spacial score (nSPS) is 21.2. The molecule has 0 saturated heterocycles. The van der Waals surface area contributed by atoms with E-state index in [-0.39, 0.29) is 17.9 Å². The van der Waals surface area contributed by atoms with Crippen molar-refractivity contribution >= 4 is 5.91 Å². The van der Waals surface area contributed by atoms with Gasteiger partial charge in [-0.1, -0.05) is 40.0 Å². The van der Waals surface area contributed by atoms with Crippen molar-refractivity contribution in [2.45, 2.75) is 71.4 Å². The summed E-state index contributed by atoms with van der Waals surface area (Å²) in [6.45, 7) is 6.14. The molecule has 3 heteroatoms. The van der Waals surface area contributed by atoms with E-state index in [9.17, 15) is 4.79 Å². The van der Waals surface area contributed by atoms with E-state index in [1.54, 1.807) is 0 Å². The van der Waals surface area contributed by atoms with E-state index in [1.807, 2.05) is 13.8 Å². The maximum absolute atomic E-state index is 12.0. The van der Waals surface area contributed by atoms with Gasteiger partial charge in [-0.15, -0.1) is 0 Å². The molecular weight excluding hydrogens is 212 g/mol. The van der Waals surface area contributed by atoms with Crippen LogP contribution in [0.1, 0.15) is 59.3 Å². The number of carbonyl (C=O) groups excluding carboxylic acids is 1. The minimum atomic E-state index is -0.368. The second-order valence-corrected chi connectivity index (χ2v) is 5.69. The van der Waals surface area contributed by atoms with Gasteiger partial charge in [0, 0.05) is 6.04 Å². The molecule has 1 aliphatic carbocycles. The van der Waals surface area contributed by atoms with Gasteiger partial charge in [0.2, 0.25) is 5.91 Å². The number of carbonyl (C=O) groups is 1. The van der Waals surface area contributed by atoms with Crippen LogP contribution in [0.3, 0.4) is 0 Å². The average Bonchev–Trinajstić information content (AvgIpc) is 2.35. The summed E-state index contributed by atoms with van der Waals surface area (Å²) in [6, 6.07) is -0.0414. The fourth-order valence-electron chi connectivity index (χ4n) is 2.67. The predicted octanol–water partition coefficient (Wildman–Crippen LogP) is 2.44. The van der Waals surface area contributed by atoms with Crippen molar-refractivity contribution in [3.63, 3.8) is 0 Å². The summed E-state index contributed by atoms with van der Waals surface area (Å²) in [6.07, 6.45) is 7.51. The van der Waals surface area contributed by atoms with Gasteiger partial charge in [-0.3, -0.25) is 4.79 Å². The summed E-state index contributed by atoms with van der Waals surface area (Å²) in [5.74, 6) is 0.897. The van der Waals surface area contributed by atoms with Crippen LogP contribution < -0.4 is 11.1 Å². The molecule has 0 spiro atoms. The predicted molar refractivity (Wildman–Crippen MR) is 71.6 cm³/mol. The number of rotatable bonds is 5. The van der Waals surface area contributed by atoms with Crippen molar-refractivity contribution in [1.29, 1.82) is 0 Å². The molecule has 1 fully saturated rings. The number of amides is 1. The molecule has 0 aromatic carbocycles. The Morgan fingerprint density at radius 1 is 1.29 bits per heavy atom. The molecule has 0 radical (unpaired) electrons. The molecule has 0 heterocycles. The van der Waals surface area contributed by atoms with Crippen LogP contribution in [-0.2, 0) is 4.79 Å². The van der Waals surface area contributed by atoms with Crippen LogP contribution in [0.5, 0.6) is 0 Å². The van der Waals surface area contributed by atoms with Gasteiger partial charge in [0.1, 0.15) is 0 Å². The molecule has 2 unspecified atom stereocenters. The molecular formula is C14H28N2O. The van der Waals surface area contributed by atoms with E-state index in [4.69, 9.17) is 5.73 Å². The Hall–Kier alpha value is -0.570. The molecule has 2 atom stereocenters. The second kappa shape index (κ2) is 7.00. The Balaban J connectivity index is 2.47. The zero-order chi connectivity index (χ0) is 12.8. The fraction of sp³-hybridized carbons (Fsp3) is 0.929. The molecule has 0 aromatic rings. The van der Waals surface area contributed by atoms with Crippen LogP contribution >= 0.6 is 0 Å². The summed E-state index contributed by atoms with van der Waals surface area (Å²) in [5, 5.41) is 3.15. The highest BCUT2D eigenvalue weighted by Crippen LogP contribution is 2.27. The molecule has 0 aromatic heterocycles. The van der Waals surface area contributed by atoms with Gasteiger partial charge < -0.3 is 11.1 Å². The van der Waals surface area contributed by atoms with E-state index >= 15 is 0 Å². The fourth-order valence-corrected chi connectivity index (χ4v) is 2.67. The van der Waals surface area contributed by atoms with E-state index in [0.29, 0.717) is 12.0 Å². The Morgan fingerprint density at radius 3 is 2.35 bits per heavy atom. The molecule has 17 heavy (non-hydrogen) atoms. The number of hydrogen-bond donors (Lipinski definition) is 2. The lowest BCUT2D eigenvalue weighted by Crippen LogP contribution is -2.50. The zero-order valence-electron chi connectivity index (χ0n) is 11.5.